The van der Waals surface area contributed by atoms with Crippen LogP contribution in [0.5, 0.6) is 0 Å². The van der Waals surface area contributed by atoms with Crippen molar-refractivity contribution in [3.8, 4) is 0 Å². The summed E-state index contributed by atoms with van der Waals surface area (Å²) in [7, 11) is 0. The number of hydrogen-bond acceptors (Lipinski definition) is 4. The number of hydrogen-bond donors (Lipinski definition) is 0. The number of rotatable bonds is 5. The fourth-order valence-electron chi connectivity index (χ4n) is 2.97. The Labute approximate surface area is 124 Å². The first-order chi connectivity index (χ1) is 9.76. The third kappa shape index (κ3) is 2.96. The molecule has 1 fully saturated rings. The van der Waals surface area contributed by atoms with E-state index in [-0.39, 0.29) is 0 Å². The Morgan fingerprint density at radius 1 is 1.45 bits per heavy atom. The van der Waals surface area contributed by atoms with Gasteiger partial charge in [-0.15, -0.1) is 11.3 Å². The van der Waals surface area contributed by atoms with Crippen molar-refractivity contribution >= 4 is 11.3 Å². The maximum absolute atomic E-state index is 5.45. The van der Waals surface area contributed by atoms with Gasteiger partial charge < -0.3 is 4.52 Å². The average molecular weight is 290 g/mol. The Balaban J connectivity index is 1.71. The molecule has 3 heterocycles. The van der Waals surface area contributed by atoms with Gasteiger partial charge in [-0.2, -0.15) is 0 Å². The van der Waals surface area contributed by atoms with Crippen LogP contribution in [0.2, 0.25) is 0 Å². The second-order valence-corrected chi connectivity index (χ2v) is 6.98. The molecule has 1 saturated heterocycles. The minimum absolute atomic E-state index is 0.437. The first-order valence-corrected chi connectivity index (χ1v) is 8.32. The zero-order chi connectivity index (χ0) is 13.9. The summed E-state index contributed by atoms with van der Waals surface area (Å²) in [5.74, 6) is 1.03. The Kier molecular flexibility index (Phi) is 4.22. The fraction of sp³-hybridized carbons (Fsp3) is 0.562. The van der Waals surface area contributed by atoms with Crippen LogP contribution in [-0.4, -0.2) is 16.6 Å². The van der Waals surface area contributed by atoms with Crippen LogP contribution in [-0.2, 0) is 13.0 Å². The molecule has 4 heteroatoms. The van der Waals surface area contributed by atoms with Gasteiger partial charge >= 0.3 is 0 Å². The van der Waals surface area contributed by atoms with Gasteiger partial charge in [0.15, 0.2) is 0 Å². The standard InChI is InChI=1S/C16H22N2OS/c1-3-5-13-10-15(17-19-13)16-6-4-9-18(16)11-14-8-7-12(2)20-14/h7-8,10,16H,3-6,9,11H2,1-2H3/t16-/m1/s1. The van der Waals surface area contributed by atoms with Crippen molar-refractivity contribution in [2.45, 2.75) is 52.1 Å². The molecule has 1 aliphatic rings. The molecular weight excluding hydrogens is 268 g/mol. The average Bonchev–Trinajstić information content (AvgIpc) is 3.12. The van der Waals surface area contributed by atoms with E-state index >= 15 is 0 Å². The molecule has 0 N–H and O–H groups in total. The molecule has 1 atom stereocenters. The fourth-order valence-corrected chi connectivity index (χ4v) is 3.89. The van der Waals surface area contributed by atoms with Gasteiger partial charge in [-0.05, 0) is 44.9 Å². The van der Waals surface area contributed by atoms with Crippen LogP contribution in [0.3, 0.4) is 0 Å². The summed E-state index contributed by atoms with van der Waals surface area (Å²) in [5.41, 5.74) is 1.12. The van der Waals surface area contributed by atoms with E-state index in [0.29, 0.717) is 6.04 Å². The van der Waals surface area contributed by atoms with E-state index < -0.39 is 0 Å². The summed E-state index contributed by atoms with van der Waals surface area (Å²) in [4.78, 5) is 5.38. The summed E-state index contributed by atoms with van der Waals surface area (Å²) in [6.45, 7) is 6.55. The van der Waals surface area contributed by atoms with Gasteiger partial charge in [0.05, 0.1) is 6.04 Å². The highest BCUT2D eigenvalue weighted by Gasteiger charge is 2.28. The molecule has 0 bridgehead atoms. The Bertz CT molecular complexity index is 560. The molecule has 0 aromatic carbocycles. The van der Waals surface area contributed by atoms with Gasteiger partial charge in [-0.25, -0.2) is 0 Å². The third-order valence-electron chi connectivity index (χ3n) is 3.93. The summed E-state index contributed by atoms with van der Waals surface area (Å²) in [6.07, 6.45) is 4.55. The predicted octanol–water partition coefficient (Wildman–Crippen LogP) is 4.33. The molecule has 2 aromatic rings. The number of aromatic nitrogens is 1. The lowest BCUT2D eigenvalue weighted by molar-refractivity contribution is 0.238. The minimum Gasteiger partial charge on any atom is -0.361 e. The van der Waals surface area contributed by atoms with E-state index in [1.54, 1.807) is 0 Å². The quantitative estimate of drug-likeness (QED) is 0.820. The topological polar surface area (TPSA) is 29.3 Å². The highest BCUT2D eigenvalue weighted by Crippen LogP contribution is 2.33. The van der Waals surface area contributed by atoms with Gasteiger partial charge in [0.1, 0.15) is 11.5 Å². The molecule has 0 aliphatic carbocycles. The molecule has 0 spiro atoms. The molecule has 3 rings (SSSR count). The molecule has 3 nitrogen and oxygen atoms in total. The van der Waals surface area contributed by atoms with Crippen LogP contribution in [0.4, 0.5) is 0 Å². The van der Waals surface area contributed by atoms with E-state index in [1.165, 1.54) is 22.6 Å². The first-order valence-electron chi connectivity index (χ1n) is 7.51. The number of aryl methyl sites for hydroxylation is 2. The van der Waals surface area contributed by atoms with Crippen LogP contribution in [0.1, 0.15) is 53.4 Å². The lowest BCUT2D eigenvalue weighted by Gasteiger charge is -2.21. The molecule has 0 unspecified atom stereocenters. The number of thiophene rings is 1. The molecule has 1 aliphatic heterocycles. The van der Waals surface area contributed by atoms with Crippen molar-refractivity contribution in [3.05, 3.63) is 39.4 Å². The van der Waals surface area contributed by atoms with Gasteiger partial charge in [0.2, 0.25) is 0 Å². The molecule has 108 valence electrons. The van der Waals surface area contributed by atoms with Crippen molar-refractivity contribution in [2.24, 2.45) is 0 Å². The van der Waals surface area contributed by atoms with E-state index in [4.69, 9.17) is 4.52 Å². The van der Waals surface area contributed by atoms with Crippen LogP contribution in [0.15, 0.2) is 22.7 Å². The normalized spacial score (nSPS) is 19.8. The summed E-state index contributed by atoms with van der Waals surface area (Å²) in [5, 5.41) is 4.30. The lowest BCUT2D eigenvalue weighted by Crippen LogP contribution is -2.22. The van der Waals surface area contributed by atoms with E-state index in [2.05, 4.69) is 42.1 Å². The van der Waals surface area contributed by atoms with E-state index in [9.17, 15) is 0 Å². The van der Waals surface area contributed by atoms with Crippen LogP contribution in [0.25, 0.3) is 0 Å². The number of nitrogens with zero attached hydrogens (tertiary/aromatic N) is 2. The summed E-state index contributed by atoms with van der Waals surface area (Å²) in [6, 6.07) is 7.06. The second kappa shape index (κ2) is 6.10. The molecule has 0 radical (unpaired) electrons. The van der Waals surface area contributed by atoms with Crippen LogP contribution < -0.4 is 0 Å². The van der Waals surface area contributed by atoms with Crippen molar-refractivity contribution < 1.29 is 4.52 Å². The van der Waals surface area contributed by atoms with Crippen molar-refractivity contribution in [3.63, 3.8) is 0 Å². The van der Waals surface area contributed by atoms with Gasteiger partial charge in [-0.1, -0.05) is 12.1 Å². The Morgan fingerprint density at radius 3 is 3.10 bits per heavy atom. The predicted molar refractivity (Wildman–Crippen MR) is 81.9 cm³/mol. The SMILES string of the molecule is CCCc1cc([C@H]2CCCN2Cc2ccc(C)s2)no1. The lowest BCUT2D eigenvalue weighted by atomic mass is 10.1. The zero-order valence-electron chi connectivity index (χ0n) is 12.3. The van der Waals surface area contributed by atoms with Gasteiger partial charge in [0.25, 0.3) is 0 Å². The van der Waals surface area contributed by atoms with Crippen molar-refractivity contribution in [1.29, 1.82) is 0 Å². The molecule has 0 saturated carbocycles. The molecular formula is C16H22N2OS. The van der Waals surface area contributed by atoms with Crippen molar-refractivity contribution in [2.75, 3.05) is 6.54 Å². The highest BCUT2D eigenvalue weighted by atomic mass is 32.1. The van der Waals surface area contributed by atoms with Crippen LogP contribution >= 0.6 is 11.3 Å². The van der Waals surface area contributed by atoms with E-state index in [1.807, 2.05) is 11.3 Å². The van der Waals surface area contributed by atoms with Crippen LogP contribution in [0, 0.1) is 6.92 Å². The van der Waals surface area contributed by atoms with E-state index in [0.717, 1.165) is 37.4 Å². The second-order valence-electron chi connectivity index (χ2n) is 5.61. The summed E-state index contributed by atoms with van der Waals surface area (Å²) >= 11 is 1.90. The zero-order valence-corrected chi connectivity index (χ0v) is 13.1. The molecule has 2 aromatic heterocycles. The van der Waals surface area contributed by atoms with Gasteiger partial charge in [-0.3, -0.25) is 4.90 Å². The van der Waals surface area contributed by atoms with Crippen molar-refractivity contribution in [1.82, 2.24) is 10.1 Å². The number of likely N-dealkylation sites (tertiary alicyclic amines) is 1. The smallest absolute Gasteiger partial charge is 0.137 e. The summed E-state index contributed by atoms with van der Waals surface area (Å²) < 4.78 is 5.45. The third-order valence-corrected chi connectivity index (χ3v) is 4.92. The Morgan fingerprint density at radius 2 is 2.35 bits per heavy atom. The minimum atomic E-state index is 0.437. The largest absolute Gasteiger partial charge is 0.361 e. The highest BCUT2D eigenvalue weighted by molar-refractivity contribution is 7.11. The molecule has 0 amide bonds. The van der Waals surface area contributed by atoms with Gasteiger partial charge in [0, 0.05) is 28.8 Å². The first kappa shape index (κ1) is 13.8. The Hall–Kier alpha value is -1.13. The molecule has 20 heavy (non-hydrogen) atoms. The maximum atomic E-state index is 5.45. The monoisotopic (exact) mass is 290 g/mol. The maximum Gasteiger partial charge on any atom is 0.137 e.